The minimum Gasteiger partial charge on any atom is -0.383 e. The molecule has 0 radical (unpaired) electrons. The van der Waals surface area contributed by atoms with Crippen molar-refractivity contribution in [3.05, 3.63) is 0 Å². The fourth-order valence-corrected chi connectivity index (χ4v) is 1.15. The number of nitrogens with zero attached hydrogens (tertiary/aromatic N) is 1. The zero-order valence-electron chi connectivity index (χ0n) is 9.88. The number of likely N-dealkylation sites (N-methyl/N-ethyl adjacent to an activating group) is 1. The number of methoxy groups -OCH3 is 1. The van der Waals surface area contributed by atoms with Gasteiger partial charge in [0.1, 0.15) is 0 Å². The van der Waals surface area contributed by atoms with Crippen LogP contribution in [-0.2, 0) is 9.47 Å². The van der Waals surface area contributed by atoms with Gasteiger partial charge >= 0.3 is 0 Å². The first-order valence-electron chi connectivity index (χ1n) is 5.08. The molecule has 0 rings (SSSR count). The third-order valence-electron chi connectivity index (χ3n) is 2.61. The molecule has 1 unspecified atom stereocenters. The van der Waals surface area contributed by atoms with Crippen LogP contribution in [0.15, 0.2) is 0 Å². The maximum atomic E-state index is 5.76. The Labute approximate surface area is 87.4 Å². The number of hydrogen-bond donors (Lipinski definition) is 1. The maximum Gasteiger partial charge on any atom is 0.0659 e. The Morgan fingerprint density at radius 2 is 2.07 bits per heavy atom. The predicted molar refractivity (Wildman–Crippen MR) is 58.5 cm³/mol. The van der Waals surface area contributed by atoms with Crippen molar-refractivity contribution < 1.29 is 9.47 Å². The van der Waals surface area contributed by atoms with Gasteiger partial charge in [0.25, 0.3) is 0 Å². The van der Waals surface area contributed by atoms with Gasteiger partial charge in [-0.3, -0.25) is 4.90 Å². The summed E-state index contributed by atoms with van der Waals surface area (Å²) in [5, 5.41) is 0. The molecular formula is C10H24N2O2. The molecule has 1 atom stereocenters. The molecule has 0 aromatic heterocycles. The molecule has 0 spiro atoms. The van der Waals surface area contributed by atoms with Gasteiger partial charge in [0.2, 0.25) is 0 Å². The normalized spacial score (nSPS) is 15.9. The summed E-state index contributed by atoms with van der Waals surface area (Å²) in [6.45, 7) is 7.68. The predicted octanol–water partition coefficient (Wildman–Crippen LogP) is 0.319. The highest BCUT2D eigenvalue weighted by molar-refractivity contribution is 4.85. The Balaban J connectivity index is 4.05. The highest BCUT2D eigenvalue weighted by atomic mass is 16.5. The van der Waals surface area contributed by atoms with E-state index in [1.165, 1.54) is 0 Å². The maximum absolute atomic E-state index is 5.76. The first-order valence-corrected chi connectivity index (χ1v) is 5.08. The topological polar surface area (TPSA) is 47.7 Å². The van der Waals surface area contributed by atoms with Gasteiger partial charge in [-0.25, -0.2) is 0 Å². The molecule has 0 amide bonds. The summed E-state index contributed by atoms with van der Waals surface area (Å²) in [6, 6.07) is 0. The monoisotopic (exact) mass is 204 g/mol. The standard InChI is InChI=1S/C10H24N2O2/c1-5-14-9-10(2,8-11)12(3)6-7-13-4/h5-9,11H2,1-4H3. The van der Waals surface area contributed by atoms with Gasteiger partial charge in [-0.15, -0.1) is 0 Å². The SMILES string of the molecule is CCOCC(C)(CN)N(C)CCOC. The van der Waals surface area contributed by atoms with Crippen LogP contribution in [0.25, 0.3) is 0 Å². The average molecular weight is 204 g/mol. The van der Waals surface area contributed by atoms with Crippen LogP contribution in [0.3, 0.4) is 0 Å². The van der Waals surface area contributed by atoms with Gasteiger partial charge in [0.05, 0.1) is 18.8 Å². The van der Waals surface area contributed by atoms with Crippen LogP contribution in [0.5, 0.6) is 0 Å². The van der Waals surface area contributed by atoms with E-state index < -0.39 is 0 Å². The van der Waals surface area contributed by atoms with E-state index >= 15 is 0 Å². The number of ether oxygens (including phenoxy) is 2. The van der Waals surface area contributed by atoms with Crippen LogP contribution in [0.1, 0.15) is 13.8 Å². The average Bonchev–Trinajstić information content (AvgIpc) is 2.22. The van der Waals surface area contributed by atoms with E-state index in [2.05, 4.69) is 11.8 Å². The summed E-state index contributed by atoms with van der Waals surface area (Å²) in [4.78, 5) is 2.19. The molecule has 0 aliphatic carbocycles. The molecule has 0 aromatic carbocycles. The quantitative estimate of drug-likeness (QED) is 0.618. The van der Waals surface area contributed by atoms with Gasteiger partial charge in [-0.05, 0) is 20.9 Å². The highest BCUT2D eigenvalue weighted by Gasteiger charge is 2.27. The third kappa shape index (κ3) is 4.37. The van der Waals surface area contributed by atoms with Gasteiger partial charge in [0, 0.05) is 26.8 Å². The van der Waals surface area contributed by atoms with E-state index in [9.17, 15) is 0 Å². The van der Waals surface area contributed by atoms with Crippen LogP contribution in [0.4, 0.5) is 0 Å². The zero-order chi connectivity index (χ0) is 11.0. The molecular weight excluding hydrogens is 180 g/mol. The van der Waals surface area contributed by atoms with Crippen molar-refractivity contribution >= 4 is 0 Å². The van der Waals surface area contributed by atoms with Crippen LogP contribution < -0.4 is 5.73 Å². The van der Waals surface area contributed by atoms with Crippen LogP contribution in [0.2, 0.25) is 0 Å². The lowest BCUT2D eigenvalue weighted by molar-refractivity contribution is 0.0132. The Kier molecular flexibility index (Phi) is 7.09. The molecule has 0 aliphatic rings. The van der Waals surface area contributed by atoms with Crippen molar-refractivity contribution in [2.75, 3.05) is 47.1 Å². The molecule has 0 aliphatic heterocycles. The summed E-state index contributed by atoms with van der Waals surface area (Å²) in [5.74, 6) is 0. The number of nitrogens with two attached hydrogens (primary N) is 1. The lowest BCUT2D eigenvalue weighted by atomic mass is 10.0. The molecule has 0 heterocycles. The second-order valence-electron chi connectivity index (χ2n) is 3.75. The second kappa shape index (κ2) is 7.17. The molecule has 0 saturated carbocycles. The van der Waals surface area contributed by atoms with Crippen LogP contribution >= 0.6 is 0 Å². The molecule has 0 fully saturated rings. The van der Waals surface area contributed by atoms with Crippen molar-refractivity contribution in [3.63, 3.8) is 0 Å². The summed E-state index contributed by atoms with van der Waals surface area (Å²) < 4.78 is 10.5. The Morgan fingerprint density at radius 1 is 1.43 bits per heavy atom. The Hall–Kier alpha value is -0.160. The molecule has 0 bridgehead atoms. The van der Waals surface area contributed by atoms with Crippen molar-refractivity contribution in [3.8, 4) is 0 Å². The van der Waals surface area contributed by atoms with Crippen molar-refractivity contribution in [2.45, 2.75) is 19.4 Å². The summed E-state index contributed by atoms with van der Waals surface area (Å²) >= 11 is 0. The molecule has 4 nitrogen and oxygen atoms in total. The molecule has 0 aromatic rings. The smallest absolute Gasteiger partial charge is 0.0659 e. The molecule has 86 valence electrons. The lowest BCUT2D eigenvalue weighted by Gasteiger charge is -2.37. The first kappa shape index (κ1) is 13.8. The van der Waals surface area contributed by atoms with Gasteiger partial charge in [-0.1, -0.05) is 0 Å². The first-order chi connectivity index (χ1) is 6.60. The lowest BCUT2D eigenvalue weighted by Crippen LogP contribution is -2.54. The van der Waals surface area contributed by atoms with Crippen molar-refractivity contribution in [2.24, 2.45) is 5.73 Å². The molecule has 14 heavy (non-hydrogen) atoms. The molecule has 4 heteroatoms. The highest BCUT2D eigenvalue weighted by Crippen LogP contribution is 2.11. The van der Waals surface area contributed by atoms with Crippen molar-refractivity contribution in [1.82, 2.24) is 4.90 Å². The van der Waals surface area contributed by atoms with E-state index in [1.54, 1.807) is 7.11 Å². The Bertz CT molecular complexity index is 144. The van der Waals surface area contributed by atoms with Gasteiger partial charge in [0.15, 0.2) is 0 Å². The van der Waals surface area contributed by atoms with E-state index in [-0.39, 0.29) is 5.54 Å². The fourth-order valence-electron chi connectivity index (χ4n) is 1.15. The fraction of sp³-hybridized carbons (Fsp3) is 1.00. The minimum absolute atomic E-state index is 0.0887. The van der Waals surface area contributed by atoms with Gasteiger partial charge < -0.3 is 15.2 Å². The summed E-state index contributed by atoms with van der Waals surface area (Å²) in [7, 11) is 3.75. The minimum atomic E-state index is -0.0887. The summed E-state index contributed by atoms with van der Waals surface area (Å²) in [6.07, 6.45) is 0. The van der Waals surface area contributed by atoms with E-state index in [0.717, 1.165) is 19.8 Å². The Morgan fingerprint density at radius 3 is 2.50 bits per heavy atom. The number of rotatable bonds is 8. The number of hydrogen-bond acceptors (Lipinski definition) is 4. The van der Waals surface area contributed by atoms with E-state index in [0.29, 0.717) is 13.2 Å². The van der Waals surface area contributed by atoms with E-state index in [1.807, 2.05) is 14.0 Å². The van der Waals surface area contributed by atoms with Gasteiger partial charge in [-0.2, -0.15) is 0 Å². The molecule has 0 saturated heterocycles. The van der Waals surface area contributed by atoms with E-state index in [4.69, 9.17) is 15.2 Å². The van der Waals surface area contributed by atoms with Crippen LogP contribution in [-0.4, -0.2) is 57.5 Å². The third-order valence-corrected chi connectivity index (χ3v) is 2.61. The second-order valence-corrected chi connectivity index (χ2v) is 3.75. The zero-order valence-corrected chi connectivity index (χ0v) is 9.88. The summed E-state index contributed by atoms with van der Waals surface area (Å²) in [5.41, 5.74) is 5.67. The van der Waals surface area contributed by atoms with Crippen LogP contribution in [0, 0.1) is 0 Å². The largest absolute Gasteiger partial charge is 0.383 e. The molecule has 2 N–H and O–H groups in total. The van der Waals surface area contributed by atoms with Crippen molar-refractivity contribution in [1.29, 1.82) is 0 Å².